The van der Waals surface area contributed by atoms with Gasteiger partial charge in [-0.1, -0.05) is 0 Å². The SMILES string of the molecule is [O]=[V](=[O])([OH])([F])([F])([F])([F])([F])[F]. The van der Waals surface area contributed by atoms with Crippen LogP contribution in [0.3, 0.4) is 0 Å². The predicted molar refractivity (Wildman–Crippen MR) is 10.2 cm³/mol. The summed E-state index contributed by atoms with van der Waals surface area (Å²) in [6, 6.07) is 0. The monoisotopic (exact) mass is 214 g/mol. The zero-order valence-electron chi connectivity index (χ0n) is 3.98. The fraction of sp³-hybridized carbons (Fsp3) is 0. The molecule has 10 heteroatoms. The zero-order chi connectivity index (χ0) is 9.33. The van der Waals surface area contributed by atoms with Gasteiger partial charge in [0.25, 0.3) is 0 Å². The number of halogens is 6. The fourth-order valence-corrected chi connectivity index (χ4v) is 0. The minimum absolute atomic E-state index is 5.88. The van der Waals surface area contributed by atoms with Crippen LogP contribution in [0.4, 0.5) is 20.4 Å². The molecule has 0 radical (unpaired) electrons. The average molecular weight is 214 g/mol. The maximum atomic E-state index is 10.4. The van der Waals surface area contributed by atoms with E-state index in [0.717, 1.165) is 0 Å². The van der Waals surface area contributed by atoms with Crippen LogP contribution in [0.25, 0.3) is 0 Å². The van der Waals surface area contributed by atoms with Gasteiger partial charge >= 0.3 is 43.3 Å². The summed E-state index contributed by atoms with van der Waals surface area (Å²) in [7, 11) is 0. The van der Waals surface area contributed by atoms with Gasteiger partial charge in [-0.15, -0.1) is 0 Å². The van der Waals surface area contributed by atoms with Gasteiger partial charge in [0.2, 0.25) is 0 Å². The van der Waals surface area contributed by atoms with Crippen LogP contribution in [0.2, 0.25) is 0 Å². The molecule has 0 saturated heterocycles. The molecule has 66 valence electrons. The molecule has 3 nitrogen and oxygen atoms in total. The van der Waals surface area contributed by atoms with E-state index in [9.17, 15) is 20.4 Å². The van der Waals surface area contributed by atoms with E-state index in [-0.39, 0.29) is 0 Å². The summed E-state index contributed by atoms with van der Waals surface area (Å²) in [6.45, 7) is 0. The molecule has 0 aromatic rings. The molecule has 0 amide bonds. The van der Waals surface area contributed by atoms with Gasteiger partial charge in [0.15, 0.2) is 0 Å². The van der Waals surface area contributed by atoms with E-state index in [1.165, 1.54) is 0 Å². The molecule has 0 aromatic carbocycles. The summed E-state index contributed by atoms with van der Waals surface area (Å²) in [5, 5.41) is 0. The predicted octanol–water partition coefficient (Wildman–Crippen LogP) is 1.72. The van der Waals surface area contributed by atoms with Crippen molar-refractivity contribution in [2.45, 2.75) is 0 Å². The van der Waals surface area contributed by atoms with E-state index in [0.29, 0.717) is 0 Å². The first kappa shape index (κ1) is 9.72. The van der Waals surface area contributed by atoms with Gasteiger partial charge in [0.1, 0.15) is 0 Å². The summed E-state index contributed by atoms with van der Waals surface area (Å²) < 4.78 is 84.4. The Labute approximate surface area is 44.3 Å². The van der Waals surface area contributed by atoms with Crippen molar-refractivity contribution in [1.29, 1.82) is 0 Å². The second-order valence-electron chi connectivity index (χ2n) is 2.48. The maximum absolute atomic E-state index is 16.2. The molecule has 0 unspecified atom stereocenters. The molecule has 0 bridgehead atoms. The first-order valence-electron chi connectivity index (χ1n) is 1.58. The van der Waals surface area contributed by atoms with Gasteiger partial charge in [0.05, 0.1) is 0 Å². The Balaban J connectivity index is 7.41. The van der Waals surface area contributed by atoms with E-state index in [1.54, 1.807) is 0 Å². The second kappa shape index (κ2) is 0.408. The Bertz CT molecular complexity index is 412. The minimum atomic E-state index is -16.2. The number of rotatable bonds is 0. The normalized spacial score (nSPS) is 34.9. The summed E-state index contributed by atoms with van der Waals surface area (Å²) in [4.78, 5) is 0. The molecule has 0 aromatic heterocycles. The van der Waals surface area contributed by atoms with Crippen LogP contribution in [0, 0.1) is 0 Å². The molecule has 0 aliphatic carbocycles. The van der Waals surface area contributed by atoms with Crippen molar-refractivity contribution in [3.05, 3.63) is 0 Å². The molecule has 0 fully saturated rings. The molecular formula is HF6O3V. The third kappa shape index (κ3) is 4600. The topological polar surface area (TPSA) is 54.4 Å². The van der Waals surface area contributed by atoms with Crippen molar-refractivity contribution in [2.24, 2.45) is 0 Å². The van der Waals surface area contributed by atoms with Gasteiger partial charge in [-0.2, -0.15) is 0 Å². The first-order valence-corrected chi connectivity index (χ1v) is 6.51. The van der Waals surface area contributed by atoms with Crippen LogP contribution in [-0.4, -0.2) is 4.03 Å². The quantitative estimate of drug-likeness (QED) is 0.624. The van der Waals surface area contributed by atoms with E-state index in [2.05, 4.69) is 0 Å². The third-order valence-electron chi connectivity index (χ3n) is 0. The van der Waals surface area contributed by atoms with Gasteiger partial charge in [0, 0.05) is 0 Å². The van der Waals surface area contributed by atoms with Crippen molar-refractivity contribution in [3.8, 4) is 0 Å². The van der Waals surface area contributed by atoms with Gasteiger partial charge in [-0.05, 0) is 0 Å². The molecule has 0 aliphatic heterocycles. The summed E-state index contributed by atoms with van der Waals surface area (Å²) in [6.07, 6.45) is 0. The van der Waals surface area contributed by atoms with E-state index >= 15 is 0 Å². The van der Waals surface area contributed by atoms with Crippen LogP contribution in [0.1, 0.15) is 0 Å². The van der Waals surface area contributed by atoms with Crippen LogP contribution in [0.5, 0.6) is 0 Å². The van der Waals surface area contributed by atoms with Gasteiger partial charge in [-0.25, -0.2) is 0 Å². The van der Waals surface area contributed by atoms with Crippen LogP contribution < -0.4 is 0 Å². The van der Waals surface area contributed by atoms with Crippen LogP contribution in [-0.2, 0) is 18.9 Å². The summed E-state index contributed by atoms with van der Waals surface area (Å²) >= 11 is -16.2. The average Bonchev–Trinajstić information content (AvgIpc) is 0.469. The second-order valence-corrected chi connectivity index (χ2v) is 10.2. The fourth-order valence-electron chi connectivity index (χ4n) is 0. The Morgan fingerprint density at radius 1 is 0.800 bits per heavy atom. The Kier molecular flexibility index (Phi) is 0.397. The van der Waals surface area contributed by atoms with Crippen molar-refractivity contribution in [3.63, 3.8) is 0 Å². The van der Waals surface area contributed by atoms with E-state index in [4.69, 9.17) is 11.4 Å². The molecule has 0 rings (SSSR count). The van der Waals surface area contributed by atoms with Crippen LogP contribution >= 0.6 is 0 Å². The first-order chi connectivity index (χ1) is 3.00. The van der Waals surface area contributed by atoms with Gasteiger partial charge in [-0.3, -0.25) is 0 Å². The number of hydrogen-bond acceptors (Lipinski definition) is 2. The Morgan fingerprint density at radius 2 is 0.800 bits per heavy atom. The molecule has 10 heavy (non-hydrogen) atoms. The number of hydrogen-bond donors (Lipinski definition) is 1. The standard InChI is InChI=1S/6FH.H2O.2O.V/h6*1H;1H2;;;/q;;;;;;;;;+7/p-7. The molecular weight excluding hydrogens is 213 g/mol. The molecule has 0 heterocycles. The van der Waals surface area contributed by atoms with Crippen molar-refractivity contribution in [2.75, 3.05) is 0 Å². The van der Waals surface area contributed by atoms with Gasteiger partial charge < -0.3 is 0 Å². The van der Waals surface area contributed by atoms with Crippen molar-refractivity contribution < 1.29 is 43.3 Å². The van der Waals surface area contributed by atoms with Crippen LogP contribution in [0.15, 0.2) is 0 Å². The zero-order valence-corrected chi connectivity index (χ0v) is 5.38. The van der Waals surface area contributed by atoms with Crippen molar-refractivity contribution in [1.82, 2.24) is 0 Å². The summed E-state index contributed by atoms with van der Waals surface area (Å²) in [5.74, 6) is 0. The Morgan fingerprint density at radius 3 is 0.800 bits per heavy atom. The molecule has 0 aliphatic rings. The molecule has 0 spiro atoms. The summed E-state index contributed by atoms with van der Waals surface area (Å²) in [5.41, 5.74) is 0. The molecule has 0 saturated carbocycles. The Hall–Kier alpha value is -0.276. The van der Waals surface area contributed by atoms with Crippen molar-refractivity contribution >= 4 is 0 Å². The molecule has 1 N–H and O–H groups in total. The molecule has 0 atom stereocenters. The van der Waals surface area contributed by atoms with E-state index < -0.39 is 11.5 Å². The van der Waals surface area contributed by atoms with E-state index in [1.807, 2.05) is 0 Å². The third-order valence-corrected chi connectivity index (χ3v) is 0.